The van der Waals surface area contributed by atoms with Crippen molar-refractivity contribution in [3.05, 3.63) is 35.4 Å². The molecule has 3 fully saturated rings. The molecule has 5 N–H and O–H groups in total. The Labute approximate surface area is 238 Å². The molecule has 6 rings (SSSR count). The molecule has 6 heterocycles. The summed E-state index contributed by atoms with van der Waals surface area (Å²) in [5.74, 6) is -0.142. The van der Waals surface area contributed by atoms with Crippen molar-refractivity contribution in [1.29, 1.82) is 0 Å². The number of nitrogens with two attached hydrogens (primary N) is 2. The summed E-state index contributed by atoms with van der Waals surface area (Å²) in [4.78, 5) is 38.4. The molecule has 3 aromatic heterocycles. The molecule has 0 aromatic carbocycles. The Morgan fingerprint density at radius 2 is 1.62 bits per heavy atom. The first kappa shape index (κ1) is 29.5. The molecule has 0 saturated carbocycles. The molecule has 0 spiro atoms. The highest BCUT2D eigenvalue weighted by Gasteiger charge is 2.54. The van der Waals surface area contributed by atoms with Gasteiger partial charge in [0.25, 0.3) is 0 Å². The second kappa shape index (κ2) is 10.8. The third kappa shape index (κ3) is 5.45. The smallest absolute Gasteiger partial charge is 0.383 e. The Morgan fingerprint density at radius 1 is 0.976 bits per heavy atom. The van der Waals surface area contributed by atoms with Gasteiger partial charge in [0.15, 0.2) is 36.3 Å². The molecule has 0 aliphatic carbocycles. The van der Waals surface area contributed by atoms with Crippen molar-refractivity contribution in [2.24, 2.45) is 0 Å². The maximum atomic E-state index is 15.7. The summed E-state index contributed by atoms with van der Waals surface area (Å²) < 4.78 is 91.4. The molecular weight excluding hydrogens is 632 g/mol. The maximum Gasteiger partial charge on any atom is 0.472 e. The molecule has 23 heteroatoms. The lowest BCUT2D eigenvalue weighted by atomic mass is 10.1. The van der Waals surface area contributed by atoms with Crippen molar-refractivity contribution in [3.8, 4) is 0 Å². The molecule has 3 saturated heterocycles. The standard InChI is InChI=1S/C19H22F2N8O10P2S/c20-10-8-4-35-41(33,42)39-14-11(21)7(36-17(14)28-2-1-9(22)27-19(28)30)3-34-40(31,32)38-13(10)18(37-8)29-6-26-12-15(23)24-5-25-16(12)29/h1-2,5-8,10-11,13-14,17-18H,3-4H2,(H,31,32)(H,33,42)(H2,22,27,30)(H2,23,24,25)/t7-,8-,10-,11-,13-,14-,17-,18-,41?/m1/s1. The number of ether oxygens (including phenoxy) is 2. The lowest BCUT2D eigenvalue weighted by molar-refractivity contribution is -0.0647. The van der Waals surface area contributed by atoms with Gasteiger partial charge in [-0.25, -0.2) is 37.7 Å². The fourth-order valence-corrected chi connectivity index (χ4v) is 7.09. The summed E-state index contributed by atoms with van der Waals surface area (Å²) in [5, 5.41) is 0. The normalized spacial score (nSPS) is 39.3. The van der Waals surface area contributed by atoms with E-state index in [0.29, 0.717) is 0 Å². The summed E-state index contributed by atoms with van der Waals surface area (Å²) in [7, 11) is -5.15. The van der Waals surface area contributed by atoms with E-state index in [4.69, 9.17) is 39.0 Å². The quantitative estimate of drug-likeness (QED) is 0.219. The number of fused-ring (bicyclic) bond motifs is 5. The zero-order chi connectivity index (χ0) is 30.0. The number of hydrogen-bond donors (Lipinski definition) is 4. The van der Waals surface area contributed by atoms with Crippen LogP contribution in [0.2, 0.25) is 0 Å². The van der Waals surface area contributed by atoms with Gasteiger partial charge < -0.3 is 25.8 Å². The van der Waals surface area contributed by atoms with Crippen LogP contribution in [0.1, 0.15) is 12.5 Å². The zero-order valence-electron chi connectivity index (χ0n) is 20.9. The van der Waals surface area contributed by atoms with E-state index >= 15 is 8.78 Å². The minimum Gasteiger partial charge on any atom is -0.383 e. The molecule has 42 heavy (non-hydrogen) atoms. The Balaban J connectivity index is 1.33. The van der Waals surface area contributed by atoms with E-state index in [1.54, 1.807) is 0 Å². The predicted molar refractivity (Wildman–Crippen MR) is 138 cm³/mol. The van der Waals surface area contributed by atoms with Crippen LogP contribution in [0.4, 0.5) is 20.4 Å². The van der Waals surface area contributed by atoms with E-state index in [0.717, 1.165) is 17.1 Å². The molecule has 228 valence electrons. The first-order valence-electron chi connectivity index (χ1n) is 12.0. The minimum atomic E-state index is -5.15. The van der Waals surface area contributed by atoms with Gasteiger partial charge in [-0.3, -0.25) is 27.2 Å². The number of nitrogen functional groups attached to an aromatic ring is 2. The number of rotatable bonds is 2. The lowest BCUT2D eigenvalue weighted by Crippen LogP contribution is -2.36. The van der Waals surface area contributed by atoms with Crippen LogP contribution >= 0.6 is 26.9 Å². The fourth-order valence-electron chi connectivity index (χ4n) is 4.71. The molecule has 0 amide bonds. The number of imidazole rings is 1. The van der Waals surface area contributed by atoms with Gasteiger partial charge in [0.2, 0.25) is 0 Å². The number of halogens is 2. The highest BCUT2D eigenvalue weighted by atomic mass is 32.7. The van der Waals surface area contributed by atoms with Gasteiger partial charge in [0, 0.05) is 6.20 Å². The summed E-state index contributed by atoms with van der Waals surface area (Å²) in [6.07, 6.45) is -11.0. The molecular formula is C19H22F2N8O10P2S. The molecule has 4 bridgehead atoms. The molecule has 10 atom stereocenters. The largest absolute Gasteiger partial charge is 0.472 e. The van der Waals surface area contributed by atoms with Crippen LogP contribution in [0.5, 0.6) is 0 Å². The Morgan fingerprint density at radius 3 is 2.31 bits per heavy atom. The Hall–Kier alpha value is -2.58. The van der Waals surface area contributed by atoms with Crippen molar-refractivity contribution in [3.63, 3.8) is 0 Å². The summed E-state index contributed by atoms with van der Waals surface area (Å²) >= 11 is 3.88. The van der Waals surface area contributed by atoms with Crippen LogP contribution in [-0.2, 0) is 36.7 Å². The number of nitrogens with zero attached hydrogens (tertiary/aromatic N) is 6. The number of phosphoric ester groups is 1. The fraction of sp³-hybridized carbons (Fsp3) is 0.526. The van der Waals surface area contributed by atoms with Crippen molar-refractivity contribution < 1.29 is 50.4 Å². The first-order valence-corrected chi connectivity index (χ1v) is 16.2. The van der Waals surface area contributed by atoms with Crippen molar-refractivity contribution in [2.45, 2.75) is 49.2 Å². The molecule has 18 nitrogen and oxygen atoms in total. The van der Waals surface area contributed by atoms with Crippen LogP contribution in [0.25, 0.3) is 11.2 Å². The third-order valence-electron chi connectivity index (χ3n) is 6.63. The van der Waals surface area contributed by atoms with E-state index in [1.165, 1.54) is 17.0 Å². The van der Waals surface area contributed by atoms with Gasteiger partial charge in [-0.1, -0.05) is 12.2 Å². The monoisotopic (exact) mass is 654 g/mol. The second-order valence-electron chi connectivity index (χ2n) is 9.31. The average Bonchev–Trinajstić information content (AvgIpc) is 3.57. The Kier molecular flexibility index (Phi) is 7.62. The van der Waals surface area contributed by atoms with E-state index < -0.39 is 82.7 Å². The SMILES string of the molecule is Nc1ccn([C@@H]2O[C@@H]3COP(=O)(O)O[C@@H]4[C@H](F)[C@@H](COP(=O)(S)O[C@@H]2[C@@H]3F)O[C@H]4n2cnc3c(N)ncnc32)c(=O)n1. The molecule has 3 aliphatic heterocycles. The lowest BCUT2D eigenvalue weighted by Gasteiger charge is -2.25. The number of anilines is 2. The van der Waals surface area contributed by atoms with E-state index in [9.17, 15) is 18.8 Å². The number of hydrogen-bond acceptors (Lipinski definition) is 15. The molecule has 0 radical (unpaired) electrons. The van der Waals surface area contributed by atoms with Gasteiger partial charge in [0.05, 0.1) is 19.5 Å². The van der Waals surface area contributed by atoms with Crippen LogP contribution < -0.4 is 17.2 Å². The van der Waals surface area contributed by atoms with E-state index in [1.807, 2.05) is 0 Å². The topological polar surface area (TPSA) is 240 Å². The van der Waals surface area contributed by atoms with Gasteiger partial charge in [0.1, 0.15) is 42.1 Å². The molecule has 3 aromatic rings. The first-order chi connectivity index (χ1) is 19.8. The van der Waals surface area contributed by atoms with Crippen LogP contribution in [0, 0.1) is 0 Å². The van der Waals surface area contributed by atoms with Crippen LogP contribution in [0.15, 0.2) is 29.7 Å². The molecule has 2 unspecified atom stereocenters. The summed E-state index contributed by atoms with van der Waals surface area (Å²) in [6, 6.07) is 1.21. The molecule has 3 aliphatic rings. The van der Waals surface area contributed by atoms with E-state index in [2.05, 4.69) is 32.2 Å². The van der Waals surface area contributed by atoms with Gasteiger partial charge in [-0.05, 0) is 6.07 Å². The summed E-state index contributed by atoms with van der Waals surface area (Å²) in [5.41, 5.74) is 10.6. The summed E-state index contributed by atoms with van der Waals surface area (Å²) in [6.45, 7) is -6.27. The average molecular weight is 654 g/mol. The predicted octanol–water partition coefficient (Wildman–Crippen LogP) is 0.674. The van der Waals surface area contributed by atoms with Gasteiger partial charge >= 0.3 is 20.3 Å². The van der Waals surface area contributed by atoms with Gasteiger partial charge in [-0.2, -0.15) is 4.98 Å². The van der Waals surface area contributed by atoms with Crippen LogP contribution in [0.3, 0.4) is 0 Å². The highest BCUT2D eigenvalue weighted by molar-refractivity contribution is 8.44. The third-order valence-corrected chi connectivity index (χ3v) is 9.23. The zero-order valence-corrected chi connectivity index (χ0v) is 23.6. The van der Waals surface area contributed by atoms with Crippen molar-refractivity contribution >= 4 is 49.7 Å². The van der Waals surface area contributed by atoms with Crippen molar-refractivity contribution in [1.82, 2.24) is 29.1 Å². The number of phosphoric acid groups is 1. The Bertz CT molecular complexity index is 1670. The minimum absolute atomic E-state index is 0.000221. The number of aromatic nitrogens is 6. The van der Waals surface area contributed by atoms with Crippen LogP contribution in [-0.4, -0.2) is 83.9 Å². The highest BCUT2D eigenvalue weighted by Crippen LogP contribution is 2.58. The van der Waals surface area contributed by atoms with Crippen molar-refractivity contribution in [2.75, 3.05) is 24.7 Å². The second-order valence-corrected chi connectivity index (χ2v) is 13.6. The maximum absolute atomic E-state index is 15.7. The number of alkyl halides is 2. The van der Waals surface area contributed by atoms with Gasteiger partial charge in [-0.15, -0.1) is 0 Å². The van der Waals surface area contributed by atoms with E-state index in [-0.39, 0.29) is 22.8 Å². The number of thiol groups is 1.